The highest BCUT2D eigenvalue weighted by atomic mass is 16.5. The molecule has 1 aromatic rings. The first-order valence-electron chi connectivity index (χ1n) is 8.61. The Balaban J connectivity index is 1.62. The van der Waals surface area contributed by atoms with Gasteiger partial charge in [-0.05, 0) is 26.3 Å². The minimum Gasteiger partial charge on any atom is -0.479 e. The predicted octanol–water partition coefficient (Wildman–Crippen LogP) is 1.36. The monoisotopic (exact) mass is 343 g/mol. The third kappa shape index (κ3) is 3.48. The van der Waals surface area contributed by atoms with Gasteiger partial charge in [-0.1, -0.05) is 29.8 Å². The van der Waals surface area contributed by atoms with Crippen molar-refractivity contribution in [2.24, 2.45) is 0 Å². The lowest BCUT2D eigenvalue weighted by Crippen LogP contribution is -2.54. The Morgan fingerprint density at radius 1 is 1.04 bits per heavy atom. The van der Waals surface area contributed by atoms with Crippen molar-refractivity contribution in [3.63, 3.8) is 0 Å². The number of amides is 2. The third-order valence-corrected chi connectivity index (χ3v) is 4.94. The summed E-state index contributed by atoms with van der Waals surface area (Å²) in [7, 11) is 0. The molecule has 25 heavy (non-hydrogen) atoms. The summed E-state index contributed by atoms with van der Waals surface area (Å²) in [6.45, 7) is 8.46. The van der Waals surface area contributed by atoms with Crippen LogP contribution in [0.15, 0.2) is 36.2 Å². The average molecular weight is 343 g/mol. The van der Waals surface area contributed by atoms with Crippen molar-refractivity contribution in [1.82, 2.24) is 15.1 Å². The van der Waals surface area contributed by atoms with Crippen LogP contribution in [-0.2, 0) is 19.7 Å². The van der Waals surface area contributed by atoms with Crippen LogP contribution in [0.3, 0.4) is 0 Å². The summed E-state index contributed by atoms with van der Waals surface area (Å²) in [6.07, 6.45) is 1.46. The molecule has 2 heterocycles. The number of hydrogen-bond donors (Lipinski definition) is 1. The zero-order valence-electron chi connectivity index (χ0n) is 15.0. The van der Waals surface area contributed by atoms with E-state index >= 15 is 0 Å². The summed E-state index contributed by atoms with van der Waals surface area (Å²) >= 11 is 0. The fourth-order valence-electron chi connectivity index (χ4n) is 3.18. The smallest absolute Gasteiger partial charge is 0.273 e. The van der Waals surface area contributed by atoms with Gasteiger partial charge in [-0.2, -0.15) is 0 Å². The van der Waals surface area contributed by atoms with E-state index in [9.17, 15) is 9.59 Å². The molecule has 1 saturated heterocycles. The van der Waals surface area contributed by atoms with E-state index in [2.05, 4.69) is 5.32 Å². The Hall–Kier alpha value is -2.50. The van der Waals surface area contributed by atoms with E-state index in [0.717, 1.165) is 5.56 Å². The van der Waals surface area contributed by atoms with Gasteiger partial charge in [0, 0.05) is 26.2 Å². The number of aryl methyl sites for hydroxylation is 1. The molecule has 1 fully saturated rings. The van der Waals surface area contributed by atoms with Crippen LogP contribution in [0.4, 0.5) is 0 Å². The molecular weight excluding hydrogens is 318 g/mol. The summed E-state index contributed by atoms with van der Waals surface area (Å²) in [5.41, 5.74) is 2.10. The molecule has 3 rings (SSSR count). The Kier molecular flexibility index (Phi) is 4.70. The first kappa shape index (κ1) is 17.3. The normalized spacial score (nSPS) is 17.6. The van der Waals surface area contributed by atoms with Crippen molar-refractivity contribution in [3.8, 4) is 0 Å². The highest BCUT2D eigenvalue weighted by molar-refractivity contribution is 5.93. The molecule has 0 radical (unpaired) electrons. The van der Waals surface area contributed by atoms with E-state index in [-0.39, 0.29) is 11.8 Å². The zero-order valence-corrected chi connectivity index (χ0v) is 15.0. The highest BCUT2D eigenvalue weighted by Gasteiger charge is 2.36. The van der Waals surface area contributed by atoms with Gasteiger partial charge < -0.3 is 19.9 Å². The molecule has 6 heteroatoms. The molecule has 2 amide bonds. The van der Waals surface area contributed by atoms with Crippen molar-refractivity contribution in [2.45, 2.75) is 26.2 Å². The Labute approximate surface area is 148 Å². The molecule has 1 aromatic carbocycles. The van der Waals surface area contributed by atoms with Crippen LogP contribution in [0.5, 0.6) is 0 Å². The molecule has 0 aromatic heterocycles. The number of piperazine rings is 1. The molecule has 6 nitrogen and oxygen atoms in total. The van der Waals surface area contributed by atoms with Crippen LogP contribution in [0.25, 0.3) is 0 Å². The molecule has 0 saturated carbocycles. The maximum absolute atomic E-state index is 13.0. The second-order valence-electron chi connectivity index (χ2n) is 7.09. The second kappa shape index (κ2) is 6.78. The quantitative estimate of drug-likeness (QED) is 0.900. The predicted molar refractivity (Wildman–Crippen MR) is 94.5 cm³/mol. The number of carbonyl (C=O) groups excluding carboxylic acids is 2. The Morgan fingerprint density at radius 2 is 1.64 bits per heavy atom. The van der Waals surface area contributed by atoms with Gasteiger partial charge in [0.1, 0.15) is 12.0 Å². The topological polar surface area (TPSA) is 61.9 Å². The van der Waals surface area contributed by atoms with Crippen molar-refractivity contribution >= 4 is 11.8 Å². The average Bonchev–Trinajstić information content (AvgIpc) is 3.15. The van der Waals surface area contributed by atoms with E-state index in [4.69, 9.17) is 4.74 Å². The zero-order chi connectivity index (χ0) is 18.0. The largest absolute Gasteiger partial charge is 0.479 e. The summed E-state index contributed by atoms with van der Waals surface area (Å²) in [5.74, 6) is 0.0346. The SMILES string of the molecule is Cc1ccc(C(C)(C)C(=O)N2CCN(C(=O)C3=COCN3)CC2)cc1. The minimum atomic E-state index is -0.580. The van der Waals surface area contributed by atoms with Gasteiger partial charge in [0.05, 0.1) is 5.41 Å². The minimum absolute atomic E-state index is 0.0672. The van der Waals surface area contributed by atoms with Gasteiger partial charge >= 0.3 is 0 Å². The molecule has 0 unspecified atom stereocenters. The lowest BCUT2D eigenvalue weighted by Gasteiger charge is -2.38. The lowest BCUT2D eigenvalue weighted by atomic mass is 9.82. The maximum Gasteiger partial charge on any atom is 0.273 e. The van der Waals surface area contributed by atoms with Crippen LogP contribution in [0.2, 0.25) is 0 Å². The number of nitrogens with zero attached hydrogens (tertiary/aromatic N) is 2. The van der Waals surface area contributed by atoms with Crippen LogP contribution < -0.4 is 5.32 Å². The van der Waals surface area contributed by atoms with Crippen LogP contribution in [0.1, 0.15) is 25.0 Å². The Morgan fingerprint density at radius 3 is 2.20 bits per heavy atom. The number of ether oxygens (including phenoxy) is 1. The third-order valence-electron chi connectivity index (χ3n) is 4.94. The number of hydrogen-bond acceptors (Lipinski definition) is 4. The van der Waals surface area contributed by atoms with Gasteiger partial charge in [-0.3, -0.25) is 9.59 Å². The van der Waals surface area contributed by atoms with Gasteiger partial charge in [0.15, 0.2) is 6.73 Å². The number of carbonyl (C=O) groups is 2. The van der Waals surface area contributed by atoms with Gasteiger partial charge in [-0.25, -0.2) is 0 Å². The second-order valence-corrected chi connectivity index (χ2v) is 7.09. The molecule has 2 aliphatic heterocycles. The summed E-state index contributed by atoms with van der Waals surface area (Å²) in [6, 6.07) is 8.10. The van der Waals surface area contributed by atoms with Gasteiger partial charge in [-0.15, -0.1) is 0 Å². The number of rotatable bonds is 3. The highest BCUT2D eigenvalue weighted by Crippen LogP contribution is 2.26. The number of benzene rings is 1. The van der Waals surface area contributed by atoms with E-state index in [1.807, 2.05) is 49.9 Å². The molecular formula is C19H25N3O3. The van der Waals surface area contributed by atoms with Gasteiger partial charge in [0.2, 0.25) is 5.91 Å². The Bertz CT molecular complexity index is 686. The molecule has 0 spiro atoms. The van der Waals surface area contributed by atoms with Crippen molar-refractivity contribution in [1.29, 1.82) is 0 Å². The molecule has 134 valence electrons. The number of nitrogens with one attached hydrogen (secondary N) is 1. The van der Waals surface area contributed by atoms with Gasteiger partial charge in [0.25, 0.3) is 5.91 Å². The van der Waals surface area contributed by atoms with Crippen molar-refractivity contribution in [2.75, 3.05) is 32.9 Å². The van der Waals surface area contributed by atoms with E-state index < -0.39 is 5.41 Å². The first-order chi connectivity index (χ1) is 11.9. The summed E-state index contributed by atoms with van der Waals surface area (Å²) in [4.78, 5) is 29.0. The lowest BCUT2D eigenvalue weighted by molar-refractivity contribution is -0.141. The van der Waals surface area contributed by atoms with E-state index in [1.165, 1.54) is 11.8 Å². The van der Waals surface area contributed by atoms with E-state index in [0.29, 0.717) is 38.6 Å². The van der Waals surface area contributed by atoms with Crippen molar-refractivity contribution in [3.05, 3.63) is 47.4 Å². The standard InChI is InChI=1S/C19H25N3O3/c1-14-4-6-15(7-5-14)19(2,3)18(24)22-10-8-21(9-11-22)17(23)16-12-25-13-20-16/h4-7,12,20H,8-11,13H2,1-3H3. The van der Waals surface area contributed by atoms with Crippen molar-refractivity contribution < 1.29 is 14.3 Å². The van der Waals surface area contributed by atoms with E-state index in [1.54, 1.807) is 4.90 Å². The maximum atomic E-state index is 13.0. The molecule has 0 bridgehead atoms. The molecule has 0 atom stereocenters. The molecule has 0 aliphatic carbocycles. The molecule has 1 N–H and O–H groups in total. The fraction of sp³-hybridized carbons (Fsp3) is 0.474. The fourth-order valence-corrected chi connectivity index (χ4v) is 3.18. The van der Waals surface area contributed by atoms with Crippen LogP contribution in [0, 0.1) is 6.92 Å². The summed E-state index contributed by atoms with van der Waals surface area (Å²) < 4.78 is 5.05. The van der Waals surface area contributed by atoms with Crippen LogP contribution in [-0.4, -0.2) is 54.5 Å². The molecule has 2 aliphatic rings. The van der Waals surface area contributed by atoms with Crippen LogP contribution >= 0.6 is 0 Å². The first-order valence-corrected chi connectivity index (χ1v) is 8.61. The summed E-state index contributed by atoms with van der Waals surface area (Å²) in [5, 5.41) is 2.91.